The molecule has 2 aromatic heterocycles. The number of Topliss-reactive ketones (excluding diaryl/α,β-unsaturated/α-hetero) is 1. The van der Waals surface area contributed by atoms with Crippen molar-refractivity contribution in [2.45, 2.75) is 13.5 Å². The monoisotopic (exact) mass is 435 g/mol. The van der Waals surface area contributed by atoms with Crippen molar-refractivity contribution in [1.29, 1.82) is 0 Å². The lowest BCUT2D eigenvalue weighted by molar-refractivity contribution is 0.0971. The number of ketones is 1. The highest BCUT2D eigenvalue weighted by molar-refractivity contribution is 6.33. The Kier molecular flexibility index (Phi) is 5.95. The maximum absolute atomic E-state index is 12.6. The van der Waals surface area contributed by atoms with Gasteiger partial charge >= 0.3 is 0 Å². The molecular formula is C23H18ClN3O4. The summed E-state index contributed by atoms with van der Waals surface area (Å²) < 4.78 is 12.0. The minimum Gasteiger partial charge on any atom is -0.494 e. The molecule has 0 unspecified atom stereocenters. The Labute approximate surface area is 182 Å². The van der Waals surface area contributed by atoms with E-state index in [0.717, 1.165) is 0 Å². The van der Waals surface area contributed by atoms with E-state index >= 15 is 0 Å². The molecule has 156 valence electrons. The van der Waals surface area contributed by atoms with Crippen LogP contribution in [0.3, 0.4) is 0 Å². The van der Waals surface area contributed by atoms with Crippen LogP contribution in [0.15, 0.2) is 76.2 Å². The third-order valence-electron chi connectivity index (χ3n) is 4.57. The predicted molar refractivity (Wildman–Crippen MR) is 116 cm³/mol. The van der Waals surface area contributed by atoms with Crippen molar-refractivity contribution in [3.8, 4) is 28.6 Å². The van der Waals surface area contributed by atoms with Crippen LogP contribution in [0.2, 0.25) is 5.02 Å². The van der Waals surface area contributed by atoms with Gasteiger partial charge < -0.3 is 13.8 Å². The number of pyridine rings is 1. The molecule has 0 amide bonds. The van der Waals surface area contributed by atoms with Gasteiger partial charge in [0.25, 0.3) is 11.4 Å². The van der Waals surface area contributed by atoms with Crippen LogP contribution in [0.1, 0.15) is 17.3 Å². The number of aromatic nitrogens is 3. The first-order chi connectivity index (χ1) is 15.0. The highest BCUT2D eigenvalue weighted by Crippen LogP contribution is 2.27. The van der Waals surface area contributed by atoms with Gasteiger partial charge in [0, 0.05) is 23.4 Å². The molecule has 2 aromatic carbocycles. The Bertz CT molecular complexity index is 1280. The first-order valence-corrected chi connectivity index (χ1v) is 9.98. The first-order valence-electron chi connectivity index (χ1n) is 9.60. The highest BCUT2D eigenvalue weighted by Gasteiger charge is 2.15. The van der Waals surface area contributed by atoms with Gasteiger partial charge in [-0.25, -0.2) is 0 Å². The Morgan fingerprint density at radius 2 is 1.87 bits per heavy atom. The molecule has 4 rings (SSSR count). The minimum atomic E-state index is -0.311. The third-order valence-corrected chi connectivity index (χ3v) is 4.90. The van der Waals surface area contributed by atoms with E-state index in [1.807, 2.05) is 19.1 Å². The van der Waals surface area contributed by atoms with Crippen LogP contribution in [0, 0.1) is 0 Å². The van der Waals surface area contributed by atoms with E-state index in [4.69, 9.17) is 20.9 Å². The Morgan fingerprint density at radius 1 is 1.10 bits per heavy atom. The molecule has 4 aromatic rings. The summed E-state index contributed by atoms with van der Waals surface area (Å²) in [6.07, 6.45) is 1.53. The molecule has 0 aliphatic heterocycles. The van der Waals surface area contributed by atoms with Gasteiger partial charge in [-0.2, -0.15) is 4.98 Å². The SMILES string of the molecule is CCOc1ccc(C(=O)Cn2cc(-c3nc(-c4ccccc4Cl)no3)ccc2=O)cc1. The van der Waals surface area contributed by atoms with Crippen LogP contribution in [0.25, 0.3) is 22.8 Å². The Hall–Kier alpha value is -3.71. The second-order valence-corrected chi connectivity index (χ2v) is 7.07. The highest BCUT2D eigenvalue weighted by atomic mass is 35.5. The molecule has 0 saturated carbocycles. The molecule has 0 N–H and O–H groups in total. The van der Waals surface area contributed by atoms with E-state index in [1.165, 1.54) is 16.8 Å². The molecule has 7 nitrogen and oxygen atoms in total. The lowest BCUT2D eigenvalue weighted by atomic mass is 10.1. The van der Waals surface area contributed by atoms with E-state index in [9.17, 15) is 9.59 Å². The number of carbonyl (C=O) groups is 1. The minimum absolute atomic E-state index is 0.119. The zero-order valence-corrected chi connectivity index (χ0v) is 17.4. The fourth-order valence-electron chi connectivity index (χ4n) is 3.02. The zero-order chi connectivity index (χ0) is 21.8. The number of halogens is 1. The van der Waals surface area contributed by atoms with Gasteiger partial charge in [0.2, 0.25) is 5.82 Å². The van der Waals surface area contributed by atoms with E-state index < -0.39 is 0 Å². The quantitative estimate of drug-likeness (QED) is 0.397. The largest absolute Gasteiger partial charge is 0.494 e. The van der Waals surface area contributed by atoms with Crippen molar-refractivity contribution in [1.82, 2.24) is 14.7 Å². The zero-order valence-electron chi connectivity index (χ0n) is 16.6. The van der Waals surface area contributed by atoms with Gasteiger partial charge in [0.15, 0.2) is 5.78 Å². The topological polar surface area (TPSA) is 87.2 Å². The molecule has 2 heterocycles. The summed E-state index contributed by atoms with van der Waals surface area (Å²) in [5.41, 5.74) is 1.33. The van der Waals surface area contributed by atoms with Crippen LogP contribution < -0.4 is 10.3 Å². The average molecular weight is 436 g/mol. The summed E-state index contributed by atoms with van der Waals surface area (Å²) in [5.74, 6) is 1.04. The van der Waals surface area contributed by atoms with Crippen molar-refractivity contribution in [2.24, 2.45) is 0 Å². The molecule has 0 saturated heterocycles. The van der Waals surface area contributed by atoms with E-state index in [2.05, 4.69) is 10.1 Å². The lowest BCUT2D eigenvalue weighted by Gasteiger charge is -2.07. The second kappa shape index (κ2) is 8.97. The van der Waals surface area contributed by atoms with Crippen molar-refractivity contribution in [3.05, 3.63) is 87.8 Å². The number of rotatable bonds is 7. The molecule has 0 aliphatic carbocycles. The molecule has 0 spiro atoms. The van der Waals surface area contributed by atoms with Crippen LogP contribution in [-0.2, 0) is 6.54 Å². The fraction of sp³-hybridized carbons (Fsp3) is 0.130. The van der Waals surface area contributed by atoms with Gasteiger partial charge in [0.1, 0.15) is 5.75 Å². The standard InChI is InChI=1S/C23H18ClN3O4/c1-2-30-17-10-7-15(8-11-17)20(28)14-27-13-16(9-12-21(27)29)23-25-22(26-31-23)18-5-3-4-6-19(18)24/h3-13H,2,14H2,1H3. The average Bonchev–Trinajstić information content (AvgIpc) is 3.26. The summed E-state index contributed by atoms with van der Waals surface area (Å²) in [4.78, 5) is 29.3. The summed E-state index contributed by atoms with van der Waals surface area (Å²) in [7, 11) is 0. The number of benzene rings is 2. The van der Waals surface area contributed by atoms with E-state index in [-0.39, 0.29) is 23.8 Å². The van der Waals surface area contributed by atoms with Gasteiger partial charge in [-0.15, -0.1) is 0 Å². The molecule has 0 fully saturated rings. The Balaban J connectivity index is 1.57. The van der Waals surface area contributed by atoms with Gasteiger partial charge in [0.05, 0.1) is 23.7 Å². The van der Waals surface area contributed by atoms with Gasteiger partial charge in [-0.05, 0) is 49.4 Å². The number of hydrogen-bond donors (Lipinski definition) is 0. The Morgan fingerprint density at radius 3 is 2.61 bits per heavy atom. The first kappa shape index (κ1) is 20.6. The summed E-state index contributed by atoms with van der Waals surface area (Å²) in [6.45, 7) is 2.31. The smallest absolute Gasteiger partial charge is 0.259 e. The number of hydrogen-bond acceptors (Lipinski definition) is 6. The van der Waals surface area contributed by atoms with Crippen molar-refractivity contribution in [3.63, 3.8) is 0 Å². The summed E-state index contributed by atoms with van der Waals surface area (Å²) in [6, 6.07) is 16.9. The number of carbonyl (C=O) groups excluding carboxylic acids is 1. The maximum atomic E-state index is 12.6. The van der Waals surface area contributed by atoms with Crippen LogP contribution in [0.4, 0.5) is 0 Å². The molecule has 8 heteroatoms. The van der Waals surface area contributed by atoms with Crippen LogP contribution >= 0.6 is 11.6 Å². The predicted octanol–water partition coefficient (Wildman–Crippen LogP) is 4.50. The van der Waals surface area contributed by atoms with Crippen LogP contribution in [-0.4, -0.2) is 27.1 Å². The van der Waals surface area contributed by atoms with E-state index in [1.54, 1.807) is 42.5 Å². The lowest BCUT2D eigenvalue weighted by Crippen LogP contribution is -2.23. The second-order valence-electron chi connectivity index (χ2n) is 6.67. The van der Waals surface area contributed by atoms with Crippen molar-refractivity contribution < 1.29 is 14.1 Å². The molecule has 0 bridgehead atoms. The van der Waals surface area contributed by atoms with E-state index in [0.29, 0.717) is 39.9 Å². The maximum Gasteiger partial charge on any atom is 0.259 e. The van der Waals surface area contributed by atoms with Crippen molar-refractivity contribution >= 4 is 17.4 Å². The molecular weight excluding hydrogens is 418 g/mol. The number of ether oxygens (including phenoxy) is 1. The third kappa shape index (κ3) is 4.57. The number of nitrogens with zero attached hydrogens (tertiary/aromatic N) is 3. The van der Waals surface area contributed by atoms with Crippen LogP contribution in [0.5, 0.6) is 5.75 Å². The van der Waals surface area contributed by atoms with Crippen molar-refractivity contribution in [2.75, 3.05) is 6.61 Å². The summed E-state index contributed by atoms with van der Waals surface area (Å²) >= 11 is 6.19. The molecule has 0 radical (unpaired) electrons. The summed E-state index contributed by atoms with van der Waals surface area (Å²) in [5, 5.41) is 4.47. The normalized spacial score (nSPS) is 10.8. The fourth-order valence-corrected chi connectivity index (χ4v) is 3.24. The van der Waals surface area contributed by atoms with Gasteiger partial charge in [-0.1, -0.05) is 28.9 Å². The molecule has 0 atom stereocenters. The van der Waals surface area contributed by atoms with Gasteiger partial charge in [-0.3, -0.25) is 9.59 Å². The molecule has 31 heavy (non-hydrogen) atoms. The molecule has 0 aliphatic rings.